The normalized spacial score (nSPS) is 14.8. The molecule has 0 unspecified atom stereocenters. The number of aromatic nitrogens is 2. The minimum Gasteiger partial charge on any atom is -0.481 e. The first-order chi connectivity index (χ1) is 12.6. The van der Waals surface area contributed by atoms with Gasteiger partial charge in [0.2, 0.25) is 5.88 Å². The van der Waals surface area contributed by atoms with E-state index in [1.165, 1.54) is 18.4 Å². The zero-order valence-corrected chi connectivity index (χ0v) is 15.0. The summed E-state index contributed by atoms with van der Waals surface area (Å²) in [6.45, 7) is 0. The lowest BCUT2D eigenvalue weighted by Gasteiger charge is -2.13. The van der Waals surface area contributed by atoms with Crippen molar-refractivity contribution in [2.24, 2.45) is 7.05 Å². The smallest absolute Gasteiger partial charge is 0.335 e. The number of hydrogen-bond acceptors (Lipinski definition) is 3. The summed E-state index contributed by atoms with van der Waals surface area (Å²) in [6, 6.07) is 11.2. The molecule has 0 aliphatic heterocycles. The molecule has 0 radical (unpaired) electrons. The van der Waals surface area contributed by atoms with E-state index in [9.17, 15) is 9.90 Å². The van der Waals surface area contributed by atoms with Crippen LogP contribution in [-0.4, -0.2) is 27.7 Å². The summed E-state index contributed by atoms with van der Waals surface area (Å²) in [4.78, 5) is 16.1. The molecule has 26 heavy (non-hydrogen) atoms. The van der Waals surface area contributed by atoms with Crippen LogP contribution >= 0.6 is 0 Å². The van der Waals surface area contributed by atoms with Gasteiger partial charge in [0.15, 0.2) is 0 Å². The number of rotatable bonds is 4. The molecule has 0 saturated heterocycles. The van der Waals surface area contributed by atoms with Crippen molar-refractivity contribution in [3.05, 3.63) is 47.5 Å². The van der Waals surface area contributed by atoms with Gasteiger partial charge in [-0.2, -0.15) is 0 Å². The number of nitrogens with zero attached hydrogens (tertiary/aromatic N) is 2. The summed E-state index contributed by atoms with van der Waals surface area (Å²) < 4.78 is 7.39. The lowest BCUT2D eigenvalue weighted by atomic mass is 9.93. The molecule has 134 valence electrons. The Bertz CT molecular complexity index is 984. The molecule has 2 heterocycles. The summed E-state index contributed by atoms with van der Waals surface area (Å²) in [6.07, 6.45) is 4.80. The number of aryl methyl sites for hydroxylation is 1. The Labute approximate surface area is 152 Å². The Morgan fingerprint density at radius 1 is 1.23 bits per heavy atom. The highest BCUT2D eigenvalue weighted by Crippen LogP contribution is 2.44. The minimum absolute atomic E-state index is 0.307. The van der Waals surface area contributed by atoms with Crippen LogP contribution < -0.4 is 4.74 Å². The van der Waals surface area contributed by atoms with Crippen molar-refractivity contribution in [1.82, 2.24) is 9.55 Å². The van der Waals surface area contributed by atoms with Crippen molar-refractivity contribution in [1.29, 1.82) is 0 Å². The highest BCUT2D eigenvalue weighted by atomic mass is 16.5. The molecule has 4 rings (SSSR count). The van der Waals surface area contributed by atoms with Crippen LogP contribution in [0.4, 0.5) is 0 Å². The highest BCUT2D eigenvalue weighted by Gasteiger charge is 2.27. The van der Waals surface area contributed by atoms with Crippen LogP contribution in [0.2, 0.25) is 0 Å². The number of ether oxygens (including phenoxy) is 1. The quantitative estimate of drug-likeness (QED) is 0.746. The van der Waals surface area contributed by atoms with E-state index in [0.717, 1.165) is 35.1 Å². The van der Waals surface area contributed by atoms with E-state index >= 15 is 0 Å². The number of carboxylic acids is 1. The van der Waals surface area contributed by atoms with Crippen LogP contribution in [0.5, 0.6) is 5.88 Å². The van der Waals surface area contributed by atoms with Gasteiger partial charge >= 0.3 is 5.97 Å². The first-order valence-corrected chi connectivity index (χ1v) is 8.97. The van der Waals surface area contributed by atoms with Gasteiger partial charge in [-0.25, -0.2) is 9.78 Å². The first-order valence-electron chi connectivity index (χ1n) is 8.97. The Morgan fingerprint density at radius 3 is 2.69 bits per heavy atom. The Balaban J connectivity index is 2.01. The predicted octanol–water partition coefficient (Wildman–Crippen LogP) is 4.60. The van der Waals surface area contributed by atoms with Crippen LogP contribution in [0, 0.1) is 0 Å². The summed E-state index contributed by atoms with van der Waals surface area (Å²) in [5.74, 6) is 0.158. The van der Waals surface area contributed by atoms with Crippen LogP contribution in [0.25, 0.3) is 22.3 Å². The molecule has 1 fully saturated rings. The van der Waals surface area contributed by atoms with Gasteiger partial charge in [-0.1, -0.05) is 25.0 Å². The van der Waals surface area contributed by atoms with E-state index < -0.39 is 5.97 Å². The van der Waals surface area contributed by atoms with Crippen LogP contribution in [0.1, 0.15) is 47.5 Å². The van der Waals surface area contributed by atoms with Gasteiger partial charge < -0.3 is 14.4 Å². The van der Waals surface area contributed by atoms with Crippen LogP contribution in [0.15, 0.2) is 36.4 Å². The fourth-order valence-corrected chi connectivity index (χ4v) is 4.20. The molecule has 5 heteroatoms. The summed E-state index contributed by atoms with van der Waals surface area (Å²) in [7, 11) is 3.60. The summed E-state index contributed by atoms with van der Waals surface area (Å²) >= 11 is 0. The second-order valence-electron chi connectivity index (χ2n) is 6.90. The standard InChI is InChI=1S/C21H22N2O3/c1-23-17-12-14(21(24)25)10-11-15(17)19(13-6-3-4-7-13)20(23)16-8-5-9-18(22-16)26-2/h5,8-13H,3-4,6-7H2,1-2H3,(H,24,25). The number of aromatic carboxylic acids is 1. The van der Waals surface area contributed by atoms with Crippen molar-refractivity contribution in [2.45, 2.75) is 31.6 Å². The van der Waals surface area contributed by atoms with E-state index in [1.807, 2.05) is 31.3 Å². The van der Waals surface area contributed by atoms with E-state index in [-0.39, 0.29) is 0 Å². The van der Waals surface area contributed by atoms with Crippen molar-refractivity contribution in [2.75, 3.05) is 7.11 Å². The number of fused-ring (bicyclic) bond motifs is 1. The number of benzene rings is 1. The molecule has 1 aliphatic carbocycles. The van der Waals surface area contributed by atoms with E-state index in [1.54, 1.807) is 19.2 Å². The topological polar surface area (TPSA) is 64.3 Å². The summed E-state index contributed by atoms with van der Waals surface area (Å²) in [5.41, 5.74) is 4.46. The molecule has 2 aromatic heterocycles. The fourth-order valence-electron chi connectivity index (χ4n) is 4.20. The monoisotopic (exact) mass is 350 g/mol. The Hall–Kier alpha value is -2.82. The van der Waals surface area contributed by atoms with Crippen molar-refractivity contribution in [3.63, 3.8) is 0 Å². The molecule has 0 atom stereocenters. The van der Waals surface area contributed by atoms with E-state index in [0.29, 0.717) is 17.4 Å². The van der Waals surface area contributed by atoms with Crippen molar-refractivity contribution >= 4 is 16.9 Å². The Kier molecular flexibility index (Phi) is 4.15. The molecular weight excluding hydrogens is 328 g/mol. The highest BCUT2D eigenvalue weighted by molar-refractivity contribution is 5.97. The third kappa shape index (κ3) is 2.64. The maximum Gasteiger partial charge on any atom is 0.335 e. The molecule has 3 aromatic rings. The molecule has 1 aliphatic rings. The van der Waals surface area contributed by atoms with Gasteiger partial charge in [-0.15, -0.1) is 0 Å². The first kappa shape index (κ1) is 16.6. The fraction of sp³-hybridized carbons (Fsp3) is 0.333. The van der Waals surface area contributed by atoms with Gasteiger partial charge in [0, 0.05) is 24.0 Å². The van der Waals surface area contributed by atoms with Gasteiger partial charge in [-0.05, 0) is 42.5 Å². The van der Waals surface area contributed by atoms with E-state index in [2.05, 4.69) is 9.55 Å². The third-order valence-corrected chi connectivity index (χ3v) is 5.43. The number of methoxy groups -OCH3 is 1. The zero-order chi connectivity index (χ0) is 18.3. The van der Waals surface area contributed by atoms with Crippen molar-refractivity contribution in [3.8, 4) is 17.3 Å². The van der Waals surface area contributed by atoms with Gasteiger partial charge in [0.25, 0.3) is 0 Å². The second-order valence-corrected chi connectivity index (χ2v) is 6.90. The maximum atomic E-state index is 11.4. The molecule has 0 spiro atoms. The SMILES string of the molecule is COc1cccc(-c2c(C3CCCC3)c3ccc(C(=O)O)cc3n2C)n1. The average Bonchev–Trinajstić information content (AvgIpc) is 3.28. The Morgan fingerprint density at radius 2 is 2.00 bits per heavy atom. The number of carboxylic acid groups (broad SMARTS) is 1. The van der Waals surface area contributed by atoms with Crippen LogP contribution in [-0.2, 0) is 7.05 Å². The van der Waals surface area contributed by atoms with E-state index in [4.69, 9.17) is 4.74 Å². The molecule has 0 bridgehead atoms. The molecule has 1 aromatic carbocycles. The molecule has 5 nitrogen and oxygen atoms in total. The van der Waals surface area contributed by atoms with Gasteiger partial charge in [-0.3, -0.25) is 0 Å². The number of hydrogen-bond donors (Lipinski definition) is 1. The molecular formula is C21H22N2O3. The summed E-state index contributed by atoms with van der Waals surface area (Å²) in [5, 5.41) is 10.5. The molecule has 1 N–H and O–H groups in total. The maximum absolute atomic E-state index is 11.4. The third-order valence-electron chi connectivity index (χ3n) is 5.43. The van der Waals surface area contributed by atoms with Crippen LogP contribution in [0.3, 0.4) is 0 Å². The van der Waals surface area contributed by atoms with Gasteiger partial charge in [0.1, 0.15) is 0 Å². The predicted molar refractivity (Wildman–Crippen MR) is 101 cm³/mol. The number of carbonyl (C=O) groups is 1. The second kappa shape index (κ2) is 6.48. The zero-order valence-electron chi connectivity index (χ0n) is 15.0. The average molecular weight is 350 g/mol. The molecule has 0 amide bonds. The lowest BCUT2D eigenvalue weighted by Crippen LogP contribution is -2.00. The largest absolute Gasteiger partial charge is 0.481 e. The van der Waals surface area contributed by atoms with Gasteiger partial charge in [0.05, 0.1) is 24.1 Å². The molecule has 1 saturated carbocycles. The van der Waals surface area contributed by atoms with Crippen molar-refractivity contribution < 1.29 is 14.6 Å². The lowest BCUT2D eigenvalue weighted by molar-refractivity contribution is 0.0697. The number of pyridine rings is 1. The minimum atomic E-state index is -0.906.